The average Bonchev–Trinajstić information content (AvgIpc) is 2.82. The van der Waals surface area contributed by atoms with Crippen LogP contribution in [0.1, 0.15) is 45.4 Å². The van der Waals surface area contributed by atoms with Gasteiger partial charge in [-0.25, -0.2) is 0 Å². The Morgan fingerprint density at radius 3 is 2.38 bits per heavy atom. The van der Waals surface area contributed by atoms with Crippen LogP contribution in [-0.4, -0.2) is 37.6 Å². The topological polar surface area (TPSA) is 15.3 Å². The lowest BCUT2D eigenvalue weighted by atomic mass is 9.84. The summed E-state index contributed by atoms with van der Waals surface area (Å²) in [6, 6.07) is 0.878. The van der Waals surface area contributed by atoms with Gasteiger partial charge >= 0.3 is 0 Å². The number of hydrogen-bond donors (Lipinski definition) is 1. The van der Waals surface area contributed by atoms with Gasteiger partial charge in [0.2, 0.25) is 0 Å². The normalized spacial score (nSPS) is 35.8. The summed E-state index contributed by atoms with van der Waals surface area (Å²) in [5, 5.41) is 3.47. The van der Waals surface area contributed by atoms with Crippen LogP contribution in [0, 0.1) is 11.8 Å². The van der Waals surface area contributed by atoms with Crippen LogP contribution in [0.25, 0.3) is 0 Å². The first kappa shape index (κ1) is 12.4. The van der Waals surface area contributed by atoms with Crippen molar-refractivity contribution in [3.05, 3.63) is 0 Å². The lowest BCUT2D eigenvalue weighted by molar-refractivity contribution is 0.147. The van der Waals surface area contributed by atoms with Crippen LogP contribution in [0.15, 0.2) is 0 Å². The molecule has 0 amide bonds. The van der Waals surface area contributed by atoms with E-state index in [-0.39, 0.29) is 0 Å². The predicted octanol–water partition coefficient (Wildman–Crippen LogP) is 2.50. The Kier molecular flexibility index (Phi) is 4.66. The highest BCUT2D eigenvalue weighted by molar-refractivity contribution is 4.81. The van der Waals surface area contributed by atoms with Gasteiger partial charge in [0.25, 0.3) is 0 Å². The summed E-state index contributed by atoms with van der Waals surface area (Å²) >= 11 is 0. The van der Waals surface area contributed by atoms with Gasteiger partial charge in [0.05, 0.1) is 0 Å². The first-order valence-corrected chi connectivity index (χ1v) is 7.20. The van der Waals surface area contributed by atoms with E-state index in [9.17, 15) is 0 Å². The minimum atomic E-state index is 0.878. The molecular formula is C14H28N2. The summed E-state index contributed by atoms with van der Waals surface area (Å²) in [5.41, 5.74) is 0. The van der Waals surface area contributed by atoms with Gasteiger partial charge in [0, 0.05) is 12.6 Å². The second-order valence-corrected chi connectivity index (χ2v) is 5.88. The SMILES string of the molecule is CCC1CCC(N(C)CC2CCNC2)CC1. The van der Waals surface area contributed by atoms with Crippen LogP contribution in [0.5, 0.6) is 0 Å². The smallest absolute Gasteiger partial charge is 0.00925 e. The Morgan fingerprint density at radius 2 is 1.81 bits per heavy atom. The van der Waals surface area contributed by atoms with Crippen LogP contribution in [0.3, 0.4) is 0 Å². The second-order valence-electron chi connectivity index (χ2n) is 5.88. The van der Waals surface area contributed by atoms with Crippen molar-refractivity contribution >= 4 is 0 Å². The predicted molar refractivity (Wildman–Crippen MR) is 69.6 cm³/mol. The molecule has 1 aliphatic heterocycles. The fourth-order valence-corrected chi connectivity index (χ4v) is 3.42. The summed E-state index contributed by atoms with van der Waals surface area (Å²) in [7, 11) is 2.34. The molecule has 0 radical (unpaired) electrons. The van der Waals surface area contributed by atoms with Gasteiger partial charge in [-0.1, -0.05) is 13.3 Å². The first-order valence-electron chi connectivity index (χ1n) is 7.20. The van der Waals surface area contributed by atoms with Crippen molar-refractivity contribution in [1.82, 2.24) is 10.2 Å². The lowest BCUT2D eigenvalue weighted by Gasteiger charge is -2.35. The molecule has 0 spiro atoms. The molecule has 0 aromatic rings. The third-order valence-corrected chi connectivity index (χ3v) is 4.73. The zero-order valence-electron chi connectivity index (χ0n) is 11.0. The van der Waals surface area contributed by atoms with Crippen molar-refractivity contribution in [2.24, 2.45) is 11.8 Å². The number of nitrogens with one attached hydrogen (secondary N) is 1. The molecule has 16 heavy (non-hydrogen) atoms. The molecule has 1 heterocycles. The van der Waals surface area contributed by atoms with Crippen molar-refractivity contribution in [3.8, 4) is 0 Å². The molecule has 1 saturated heterocycles. The van der Waals surface area contributed by atoms with Gasteiger partial charge in [0.1, 0.15) is 0 Å². The van der Waals surface area contributed by atoms with Gasteiger partial charge in [-0.2, -0.15) is 0 Å². The van der Waals surface area contributed by atoms with E-state index in [1.54, 1.807) is 0 Å². The van der Waals surface area contributed by atoms with E-state index in [0.717, 1.165) is 17.9 Å². The van der Waals surface area contributed by atoms with Gasteiger partial charge < -0.3 is 10.2 Å². The molecule has 0 bridgehead atoms. The number of rotatable bonds is 4. The van der Waals surface area contributed by atoms with E-state index in [1.165, 1.54) is 58.2 Å². The van der Waals surface area contributed by atoms with E-state index in [0.29, 0.717) is 0 Å². The van der Waals surface area contributed by atoms with Gasteiger partial charge in [-0.15, -0.1) is 0 Å². The third kappa shape index (κ3) is 3.21. The molecule has 1 N–H and O–H groups in total. The summed E-state index contributed by atoms with van der Waals surface area (Å²) in [5.74, 6) is 1.94. The molecule has 2 heteroatoms. The molecule has 2 rings (SSSR count). The highest BCUT2D eigenvalue weighted by atomic mass is 15.1. The summed E-state index contributed by atoms with van der Waals surface area (Å²) < 4.78 is 0. The number of hydrogen-bond acceptors (Lipinski definition) is 2. The monoisotopic (exact) mass is 224 g/mol. The lowest BCUT2D eigenvalue weighted by Crippen LogP contribution is -2.38. The molecule has 2 nitrogen and oxygen atoms in total. The largest absolute Gasteiger partial charge is 0.316 e. The van der Waals surface area contributed by atoms with Crippen LogP contribution in [-0.2, 0) is 0 Å². The highest BCUT2D eigenvalue weighted by Crippen LogP contribution is 2.29. The zero-order chi connectivity index (χ0) is 11.4. The average molecular weight is 224 g/mol. The van der Waals surface area contributed by atoms with Crippen LogP contribution < -0.4 is 5.32 Å². The Labute approximate surface area is 101 Å². The van der Waals surface area contributed by atoms with Gasteiger partial charge in [-0.05, 0) is 64.1 Å². The molecular weight excluding hydrogens is 196 g/mol. The summed E-state index contributed by atoms with van der Waals surface area (Å²) in [6.45, 7) is 6.14. The van der Waals surface area contributed by atoms with E-state index < -0.39 is 0 Å². The minimum absolute atomic E-state index is 0.878. The standard InChI is InChI=1S/C14H28N2/c1-3-12-4-6-14(7-5-12)16(2)11-13-8-9-15-10-13/h12-15H,3-11H2,1-2H3. The fraction of sp³-hybridized carbons (Fsp3) is 1.00. The van der Waals surface area contributed by atoms with Crippen LogP contribution in [0.2, 0.25) is 0 Å². The highest BCUT2D eigenvalue weighted by Gasteiger charge is 2.25. The molecule has 0 aromatic carbocycles. The van der Waals surface area contributed by atoms with Gasteiger partial charge in [0.15, 0.2) is 0 Å². The Bertz CT molecular complexity index is 191. The van der Waals surface area contributed by atoms with Crippen molar-refractivity contribution in [1.29, 1.82) is 0 Å². The quantitative estimate of drug-likeness (QED) is 0.789. The van der Waals surface area contributed by atoms with E-state index in [1.807, 2.05) is 0 Å². The molecule has 1 unspecified atom stereocenters. The maximum atomic E-state index is 3.47. The maximum Gasteiger partial charge on any atom is 0.00925 e. The molecule has 1 atom stereocenters. The van der Waals surface area contributed by atoms with Crippen LogP contribution >= 0.6 is 0 Å². The maximum absolute atomic E-state index is 3.47. The third-order valence-electron chi connectivity index (χ3n) is 4.73. The Hall–Kier alpha value is -0.0800. The van der Waals surface area contributed by atoms with E-state index in [2.05, 4.69) is 24.2 Å². The van der Waals surface area contributed by atoms with Crippen LogP contribution in [0.4, 0.5) is 0 Å². The Morgan fingerprint density at radius 1 is 1.06 bits per heavy atom. The molecule has 1 aliphatic carbocycles. The molecule has 94 valence electrons. The van der Waals surface area contributed by atoms with Gasteiger partial charge in [-0.3, -0.25) is 0 Å². The summed E-state index contributed by atoms with van der Waals surface area (Å²) in [4.78, 5) is 2.64. The summed E-state index contributed by atoms with van der Waals surface area (Å²) in [6.07, 6.45) is 8.59. The fourth-order valence-electron chi connectivity index (χ4n) is 3.42. The van der Waals surface area contributed by atoms with Crippen molar-refractivity contribution in [3.63, 3.8) is 0 Å². The minimum Gasteiger partial charge on any atom is -0.316 e. The molecule has 2 fully saturated rings. The van der Waals surface area contributed by atoms with Crippen molar-refractivity contribution < 1.29 is 0 Å². The van der Waals surface area contributed by atoms with E-state index >= 15 is 0 Å². The number of nitrogens with zero attached hydrogens (tertiary/aromatic N) is 1. The zero-order valence-corrected chi connectivity index (χ0v) is 11.0. The Balaban J connectivity index is 1.70. The first-order chi connectivity index (χ1) is 7.79. The molecule has 2 aliphatic rings. The molecule has 0 aromatic heterocycles. The van der Waals surface area contributed by atoms with Crippen molar-refractivity contribution in [2.75, 3.05) is 26.7 Å². The molecule has 1 saturated carbocycles. The second kappa shape index (κ2) is 6.02. The van der Waals surface area contributed by atoms with Crippen molar-refractivity contribution in [2.45, 2.75) is 51.5 Å². The van der Waals surface area contributed by atoms with E-state index in [4.69, 9.17) is 0 Å².